The van der Waals surface area contributed by atoms with Crippen LogP contribution >= 0.6 is 0 Å². The molecule has 0 radical (unpaired) electrons. The molecule has 2 heteroatoms. The van der Waals surface area contributed by atoms with Crippen molar-refractivity contribution in [3.05, 3.63) is 0 Å². The molecule has 0 amide bonds. The molecule has 1 aliphatic carbocycles. The van der Waals surface area contributed by atoms with E-state index in [1.165, 1.54) is 45.2 Å². The monoisotopic (exact) mass is 196 g/mol. The van der Waals surface area contributed by atoms with Crippen LogP contribution in [0.1, 0.15) is 39.0 Å². The second-order valence-corrected chi connectivity index (χ2v) is 5.26. The van der Waals surface area contributed by atoms with Gasteiger partial charge < -0.3 is 5.32 Å². The van der Waals surface area contributed by atoms with Crippen LogP contribution in [-0.4, -0.2) is 37.1 Å². The van der Waals surface area contributed by atoms with E-state index in [2.05, 4.69) is 24.2 Å². The van der Waals surface area contributed by atoms with Gasteiger partial charge in [0, 0.05) is 18.6 Å². The average Bonchev–Trinajstić information content (AvgIpc) is 2.69. The van der Waals surface area contributed by atoms with Crippen LogP contribution in [0, 0.1) is 5.92 Å². The zero-order valence-corrected chi connectivity index (χ0v) is 9.63. The van der Waals surface area contributed by atoms with Crippen LogP contribution in [0.25, 0.3) is 0 Å². The van der Waals surface area contributed by atoms with E-state index in [-0.39, 0.29) is 0 Å². The third kappa shape index (κ3) is 2.29. The van der Waals surface area contributed by atoms with Gasteiger partial charge in [-0.05, 0) is 38.8 Å². The lowest BCUT2D eigenvalue weighted by Gasteiger charge is -2.38. The van der Waals surface area contributed by atoms with E-state index in [1.807, 2.05) is 0 Å². The topological polar surface area (TPSA) is 15.3 Å². The third-order valence-corrected chi connectivity index (χ3v) is 4.02. The molecule has 0 aromatic heterocycles. The van der Waals surface area contributed by atoms with Crippen LogP contribution in [0.15, 0.2) is 0 Å². The predicted octanol–water partition coefficient (Wildman–Crippen LogP) is 1.86. The van der Waals surface area contributed by atoms with E-state index in [0.29, 0.717) is 0 Å². The van der Waals surface area contributed by atoms with Crippen molar-refractivity contribution in [2.45, 2.75) is 51.1 Å². The largest absolute Gasteiger partial charge is 0.315 e. The molecule has 0 aromatic carbocycles. The normalized spacial score (nSPS) is 35.4. The SMILES string of the molecule is CC1CNCC(N(C)C2CCCC2)C1. The van der Waals surface area contributed by atoms with E-state index >= 15 is 0 Å². The second kappa shape index (κ2) is 4.63. The summed E-state index contributed by atoms with van der Waals surface area (Å²) in [6.07, 6.45) is 7.15. The van der Waals surface area contributed by atoms with Crippen molar-refractivity contribution in [2.75, 3.05) is 20.1 Å². The van der Waals surface area contributed by atoms with E-state index in [0.717, 1.165) is 18.0 Å². The van der Waals surface area contributed by atoms with Gasteiger partial charge in [0.15, 0.2) is 0 Å². The van der Waals surface area contributed by atoms with E-state index in [4.69, 9.17) is 0 Å². The maximum Gasteiger partial charge on any atom is 0.0223 e. The van der Waals surface area contributed by atoms with Crippen molar-refractivity contribution < 1.29 is 0 Å². The van der Waals surface area contributed by atoms with Gasteiger partial charge in [-0.15, -0.1) is 0 Å². The first kappa shape index (κ1) is 10.4. The molecular formula is C12H24N2. The van der Waals surface area contributed by atoms with Crippen LogP contribution in [-0.2, 0) is 0 Å². The quantitative estimate of drug-likeness (QED) is 0.725. The van der Waals surface area contributed by atoms with Crippen molar-refractivity contribution in [1.29, 1.82) is 0 Å². The molecule has 1 N–H and O–H groups in total. The molecule has 1 aliphatic heterocycles. The summed E-state index contributed by atoms with van der Waals surface area (Å²) in [4.78, 5) is 2.65. The third-order valence-electron chi connectivity index (χ3n) is 4.02. The lowest BCUT2D eigenvalue weighted by Crippen LogP contribution is -2.49. The highest BCUT2D eigenvalue weighted by molar-refractivity contribution is 4.85. The van der Waals surface area contributed by atoms with Crippen molar-refractivity contribution in [3.8, 4) is 0 Å². The smallest absolute Gasteiger partial charge is 0.0223 e. The first-order valence-electron chi connectivity index (χ1n) is 6.20. The van der Waals surface area contributed by atoms with Gasteiger partial charge in [0.05, 0.1) is 0 Å². The number of nitrogens with one attached hydrogen (secondary N) is 1. The van der Waals surface area contributed by atoms with Crippen molar-refractivity contribution in [3.63, 3.8) is 0 Å². The van der Waals surface area contributed by atoms with Crippen molar-refractivity contribution >= 4 is 0 Å². The Morgan fingerprint density at radius 1 is 1.07 bits per heavy atom. The van der Waals surface area contributed by atoms with E-state index < -0.39 is 0 Å². The van der Waals surface area contributed by atoms with Crippen LogP contribution in [0.3, 0.4) is 0 Å². The van der Waals surface area contributed by atoms with E-state index in [9.17, 15) is 0 Å². The highest BCUT2D eigenvalue weighted by Gasteiger charge is 2.28. The van der Waals surface area contributed by atoms with Crippen LogP contribution in [0.4, 0.5) is 0 Å². The average molecular weight is 196 g/mol. The Balaban J connectivity index is 1.86. The van der Waals surface area contributed by atoms with Crippen LogP contribution in [0.2, 0.25) is 0 Å². The minimum Gasteiger partial charge on any atom is -0.315 e. The van der Waals surface area contributed by atoms with Gasteiger partial charge in [-0.1, -0.05) is 19.8 Å². The summed E-state index contributed by atoms with van der Waals surface area (Å²) in [7, 11) is 2.33. The number of rotatable bonds is 2. The molecule has 1 heterocycles. The van der Waals surface area contributed by atoms with E-state index in [1.54, 1.807) is 0 Å². The molecule has 2 unspecified atom stereocenters. The number of nitrogens with zero attached hydrogens (tertiary/aromatic N) is 1. The van der Waals surface area contributed by atoms with Crippen LogP contribution < -0.4 is 5.32 Å². The molecule has 2 rings (SSSR count). The summed E-state index contributed by atoms with van der Waals surface area (Å²) in [5, 5.41) is 3.55. The minimum absolute atomic E-state index is 0.793. The van der Waals surface area contributed by atoms with Gasteiger partial charge in [0.25, 0.3) is 0 Å². The summed E-state index contributed by atoms with van der Waals surface area (Å²) in [5.74, 6) is 0.859. The highest BCUT2D eigenvalue weighted by Crippen LogP contribution is 2.26. The molecule has 2 nitrogen and oxygen atoms in total. The molecule has 14 heavy (non-hydrogen) atoms. The van der Waals surface area contributed by atoms with Crippen molar-refractivity contribution in [2.24, 2.45) is 5.92 Å². The van der Waals surface area contributed by atoms with Gasteiger partial charge >= 0.3 is 0 Å². The van der Waals surface area contributed by atoms with Gasteiger partial charge in [-0.25, -0.2) is 0 Å². The first-order valence-corrected chi connectivity index (χ1v) is 6.20. The Morgan fingerprint density at radius 3 is 2.43 bits per heavy atom. The van der Waals surface area contributed by atoms with Crippen molar-refractivity contribution in [1.82, 2.24) is 10.2 Å². The number of hydrogen-bond donors (Lipinski definition) is 1. The fourth-order valence-corrected chi connectivity index (χ4v) is 3.05. The Labute approximate surface area is 88.1 Å². The fourth-order valence-electron chi connectivity index (χ4n) is 3.05. The molecule has 2 aliphatic rings. The van der Waals surface area contributed by atoms with Gasteiger partial charge in [-0.2, -0.15) is 0 Å². The minimum atomic E-state index is 0.793. The lowest BCUT2D eigenvalue weighted by molar-refractivity contribution is 0.130. The zero-order valence-electron chi connectivity index (χ0n) is 9.63. The van der Waals surface area contributed by atoms with Crippen LogP contribution in [0.5, 0.6) is 0 Å². The molecule has 1 saturated heterocycles. The van der Waals surface area contributed by atoms with Gasteiger partial charge in [0.1, 0.15) is 0 Å². The second-order valence-electron chi connectivity index (χ2n) is 5.26. The number of likely N-dealkylation sites (N-methyl/N-ethyl adjacent to an activating group) is 1. The predicted molar refractivity (Wildman–Crippen MR) is 60.5 cm³/mol. The Bertz CT molecular complexity index is 175. The highest BCUT2D eigenvalue weighted by atomic mass is 15.2. The summed E-state index contributed by atoms with van der Waals surface area (Å²) in [5.41, 5.74) is 0. The molecular weight excluding hydrogens is 172 g/mol. The number of piperidine rings is 1. The molecule has 2 atom stereocenters. The standard InChI is InChI=1S/C12H24N2/c1-10-7-12(9-13-8-10)14(2)11-5-3-4-6-11/h10-13H,3-9H2,1-2H3. The van der Waals surface area contributed by atoms with Gasteiger partial charge in [0.2, 0.25) is 0 Å². The Hall–Kier alpha value is -0.0800. The summed E-state index contributed by atoms with van der Waals surface area (Å²) in [6, 6.07) is 1.67. The summed E-state index contributed by atoms with van der Waals surface area (Å²) >= 11 is 0. The Morgan fingerprint density at radius 2 is 1.79 bits per heavy atom. The fraction of sp³-hybridized carbons (Fsp3) is 1.00. The summed E-state index contributed by atoms with van der Waals surface area (Å²) < 4.78 is 0. The molecule has 0 aromatic rings. The lowest BCUT2D eigenvalue weighted by atomic mass is 9.95. The molecule has 82 valence electrons. The molecule has 0 bridgehead atoms. The number of hydrogen-bond acceptors (Lipinski definition) is 2. The molecule has 0 spiro atoms. The molecule has 1 saturated carbocycles. The maximum atomic E-state index is 3.55. The molecule has 2 fully saturated rings. The summed E-state index contributed by atoms with van der Waals surface area (Å²) in [6.45, 7) is 4.79. The zero-order chi connectivity index (χ0) is 9.97. The van der Waals surface area contributed by atoms with Gasteiger partial charge in [-0.3, -0.25) is 4.90 Å². The maximum absolute atomic E-state index is 3.55. The Kier molecular flexibility index (Phi) is 3.45. The first-order chi connectivity index (χ1) is 6.77.